The molecule has 3 atom stereocenters. The molecule has 0 saturated carbocycles. The van der Waals surface area contributed by atoms with Crippen molar-refractivity contribution in [3.05, 3.63) is 41.8 Å². The van der Waals surface area contributed by atoms with Crippen LogP contribution in [0.25, 0.3) is 0 Å². The third-order valence-electron chi connectivity index (χ3n) is 4.64. The molecule has 6 nitrogen and oxygen atoms in total. The summed E-state index contributed by atoms with van der Waals surface area (Å²) >= 11 is 0. The summed E-state index contributed by atoms with van der Waals surface area (Å²) in [4.78, 5) is 11.0. The van der Waals surface area contributed by atoms with Gasteiger partial charge in [-0.2, -0.15) is 4.98 Å². The maximum absolute atomic E-state index is 5.94. The van der Waals surface area contributed by atoms with E-state index >= 15 is 0 Å². The van der Waals surface area contributed by atoms with Crippen molar-refractivity contribution in [2.75, 3.05) is 13.2 Å². The maximum Gasteiger partial charge on any atom is 0.231 e. The number of piperidine rings is 1. The Morgan fingerprint density at radius 1 is 1.32 bits per heavy atom. The van der Waals surface area contributed by atoms with E-state index in [1.807, 2.05) is 19.3 Å². The lowest BCUT2D eigenvalue weighted by Crippen LogP contribution is -2.48. The smallest absolute Gasteiger partial charge is 0.231 e. The van der Waals surface area contributed by atoms with Crippen LogP contribution in [-0.2, 0) is 11.3 Å². The van der Waals surface area contributed by atoms with Gasteiger partial charge in [0.15, 0.2) is 5.82 Å². The van der Waals surface area contributed by atoms with Gasteiger partial charge in [-0.25, -0.2) is 0 Å². The quantitative estimate of drug-likeness (QED) is 0.863. The van der Waals surface area contributed by atoms with E-state index in [0.29, 0.717) is 11.9 Å². The number of nitrogens with zero attached hydrogens (tertiary/aromatic N) is 4. The van der Waals surface area contributed by atoms with E-state index in [1.165, 1.54) is 5.56 Å². The molecule has 0 N–H and O–H groups in total. The largest absolute Gasteiger partial charge is 0.377 e. The summed E-state index contributed by atoms with van der Waals surface area (Å²) in [6.07, 6.45) is 6.04. The average molecular weight is 300 g/mol. The van der Waals surface area contributed by atoms with Gasteiger partial charge in [-0.15, -0.1) is 0 Å². The fourth-order valence-corrected chi connectivity index (χ4v) is 3.62. The third kappa shape index (κ3) is 2.64. The number of aryl methyl sites for hydroxylation is 1. The summed E-state index contributed by atoms with van der Waals surface area (Å²) < 4.78 is 11.3. The molecule has 0 bridgehead atoms. The van der Waals surface area contributed by atoms with Crippen LogP contribution >= 0.6 is 0 Å². The van der Waals surface area contributed by atoms with Crippen LogP contribution in [0.1, 0.15) is 36.0 Å². The van der Waals surface area contributed by atoms with Crippen molar-refractivity contribution in [2.24, 2.45) is 0 Å². The molecule has 6 heteroatoms. The third-order valence-corrected chi connectivity index (χ3v) is 4.64. The van der Waals surface area contributed by atoms with Crippen LogP contribution in [-0.4, -0.2) is 45.3 Å². The van der Waals surface area contributed by atoms with Crippen LogP contribution in [0.15, 0.2) is 29.0 Å². The van der Waals surface area contributed by atoms with Crippen molar-refractivity contribution in [1.29, 1.82) is 0 Å². The first kappa shape index (κ1) is 13.8. The SMILES string of the molecule is Cc1noc([C@@H]2C[C@@H]3OCC[C@@H]3N(Cc3ccncc3)C2)n1. The number of ether oxygens (including phenoxy) is 1. The molecular formula is C16H20N4O2. The lowest BCUT2D eigenvalue weighted by molar-refractivity contribution is 0.00846. The molecule has 2 saturated heterocycles. The lowest BCUT2D eigenvalue weighted by atomic mass is 9.89. The molecule has 2 aromatic rings. The van der Waals surface area contributed by atoms with Gasteiger partial charge in [0.1, 0.15) is 0 Å². The van der Waals surface area contributed by atoms with Gasteiger partial charge in [0, 0.05) is 38.1 Å². The van der Waals surface area contributed by atoms with Gasteiger partial charge >= 0.3 is 0 Å². The molecule has 2 aromatic heterocycles. The molecule has 22 heavy (non-hydrogen) atoms. The molecule has 0 spiro atoms. The van der Waals surface area contributed by atoms with E-state index in [9.17, 15) is 0 Å². The van der Waals surface area contributed by atoms with Crippen molar-refractivity contribution in [3.63, 3.8) is 0 Å². The Bertz CT molecular complexity index is 630. The molecule has 2 aliphatic rings. The van der Waals surface area contributed by atoms with Crippen LogP contribution in [0.2, 0.25) is 0 Å². The number of hydrogen-bond donors (Lipinski definition) is 0. The van der Waals surface area contributed by atoms with E-state index in [-0.39, 0.29) is 12.0 Å². The minimum absolute atomic E-state index is 0.252. The minimum Gasteiger partial charge on any atom is -0.377 e. The zero-order valence-corrected chi connectivity index (χ0v) is 12.7. The Balaban J connectivity index is 1.55. The van der Waals surface area contributed by atoms with Gasteiger partial charge in [0.25, 0.3) is 0 Å². The molecule has 2 aliphatic heterocycles. The van der Waals surface area contributed by atoms with Crippen LogP contribution in [0.4, 0.5) is 0 Å². The second kappa shape index (κ2) is 5.78. The van der Waals surface area contributed by atoms with Crippen LogP contribution < -0.4 is 0 Å². The number of fused-ring (bicyclic) bond motifs is 1. The molecule has 116 valence electrons. The maximum atomic E-state index is 5.94. The van der Waals surface area contributed by atoms with Crippen molar-refractivity contribution in [3.8, 4) is 0 Å². The van der Waals surface area contributed by atoms with E-state index in [0.717, 1.165) is 38.4 Å². The summed E-state index contributed by atoms with van der Waals surface area (Å²) in [6.45, 7) is 4.56. The van der Waals surface area contributed by atoms with Crippen molar-refractivity contribution in [1.82, 2.24) is 20.0 Å². The monoisotopic (exact) mass is 300 g/mol. The van der Waals surface area contributed by atoms with E-state index < -0.39 is 0 Å². The Hall–Kier alpha value is -1.79. The number of aromatic nitrogens is 3. The number of hydrogen-bond acceptors (Lipinski definition) is 6. The summed E-state index contributed by atoms with van der Waals surface area (Å²) in [5, 5.41) is 3.93. The summed E-state index contributed by atoms with van der Waals surface area (Å²) in [6, 6.07) is 4.64. The molecule has 4 heterocycles. The average Bonchev–Trinajstić information content (AvgIpc) is 3.17. The van der Waals surface area contributed by atoms with Gasteiger partial charge in [-0.3, -0.25) is 9.88 Å². The van der Waals surface area contributed by atoms with Crippen LogP contribution in [0.5, 0.6) is 0 Å². The second-order valence-electron chi connectivity index (χ2n) is 6.16. The van der Waals surface area contributed by atoms with Crippen molar-refractivity contribution in [2.45, 2.75) is 44.4 Å². The fourth-order valence-electron chi connectivity index (χ4n) is 3.62. The highest BCUT2D eigenvalue weighted by Crippen LogP contribution is 2.36. The van der Waals surface area contributed by atoms with E-state index in [4.69, 9.17) is 9.26 Å². The zero-order valence-electron chi connectivity index (χ0n) is 12.7. The first-order chi connectivity index (χ1) is 10.8. The lowest BCUT2D eigenvalue weighted by Gasteiger charge is -2.39. The first-order valence-electron chi connectivity index (χ1n) is 7.84. The van der Waals surface area contributed by atoms with Crippen molar-refractivity contribution < 1.29 is 9.26 Å². The van der Waals surface area contributed by atoms with Gasteiger partial charge in [0.2, 0.25) is 5.89 Å². The molecule has 0 aromatic carbocycles. The highest BCUT2D eigenvalue weighted by atomic mass is 16.5. The predicted octanol–water partition coefficient (Wildman–Crippen LogP) is 1.92. The Morgan fingerprint density at radius 2 is 2.18 bits per heavy atom. The Kier molecular flexibility index (Phi) is 3.63. The van der Waals surface area contributed by atoms with Gasteiger partial charge < -0.3 is 9.26 Å². The molecule has 2 fully saturated rings. The second-order valence-corrected chi connectivity index (χ2v) is 6.16. The van der Waals surface area contributed by atoms with Crippen molar-refractivity contribution >= 4 is 0 Å². The molecular weight excluding hydrogens is 280 g/mol. The standard InChI is InChI=1S/C16H20N4O2/c1-11-18-16(22-19-11)13-8-15-14(4-7-21-15)20(10-13)9-12-2-5-17-6-3-12/h2-3,5-6,13-15H,4,7-10H2,1H3/t13-,14+,15+/m1/s1. The van der Waals surface area contributed by atoms with Gasteiger partial charge in [-0.05, 0) is 37.5 Å². The molecule has 4 rings (SSSR count). The fraction of sp³-hybridized carbons (Fsp3) is 0.562. The minimum atomic E-state index is 0.252. The first-order valence-corrected chi connectivity index (χ1v) is 7.84. The van der Waals surface area contributed by atoms with E-state index in [2.05, 4.69) is 32.2 Å². The number of likely N-dealkylation sites (tertiary alicyclic amines) is 1. The van der Waals surface area contributed by atoms with Crippen LogP contribution in [0, 0.1) is 6.92 Å². The molecule has 0 aliphatic carbocycles. The Labute approximate surface area is 129 Å². The number of pyridine rings is 1. The summed E-state index contributed by atoms with van der Waals surface area (Å²) in [7, 11) is 0. The normalized spacial score (nSPS) is 28.7. The topological polar surface area (TPSA) is 64.3 Å². The molecule has 0 amide bonds. The number of rotatable bonds is 3. The van der Waals surface area contributed by atoms with Gasteiger partial charge in [-0.1, -0.05) is 5.16 Å². The van der Waals surface area contributed by atoms with E-state index in [1.54, 1.807) is 0 Å². The molecule has 0 unspecified atom stereocenters. The summed E-state index contributed by atoms with van der Waals surface area (Å²) in [5.74, 6) is 1.69. The van der Waals surface area contributed by atoms with Crippen LogP contribution in [0.3, 0.4) is 0 Å². The summed E-state index contributed by atoms with van der Waals surface area (Å²) in [5.41, 5.74) is 1.28. The highest BCUT2D eigenvalue weighted by Gasteiger charge is 2.41. The Morgan fingerprint density at radius 3 is 2.95 bits per heavy atom. The van der Waals surface area contributed by atoms with Gasteiger partial charge in [0.05, 0.1) is 12.0 Å². The molecule has 0 radical (unpaired) electrons. The highest BCUT2D eigenvalue weighted by molar-refractivity contribution is 5.12. The predicted molar refractivity (Wildman–Crippen MR) is 79.2 cm³/mol. The zero-order chi connectivity index (χ0) is 14.9.